The van der Waals surface area contributed by atoms with Gasteiger partial charge < -0.3 is 31.9 Å². The van der Waals surface area contributed by atoms with Gasteiger partial charge in [-0.25, -0.2) is 4.79 Å². The van der Waals surface area contributed by atoms with Gasteiger partial charge in [0.05, 0.1) is 6.04 Å². The van der Waals surface area contributed by atoms with E-state index in [0.717, 1.165) is 0 Å². The lowest BCUT2D eigenvalue weighted by Gasteiger charge is -2.26. The van der Waals surface area contributed by atoms with E-state index < -0.39 is 53.8 Å². The minimum absolute atomic E-state index is 0.0177. The fourth-order valence-corrected chi connectivity index (χ4v) is 3.05. The summed E-state index contributed by atoms with van der Waals surface area (Å²) in [7, 11) is 0. The van der Waals surface area contributed by atoms with Gasteiger partial charge in [0.15, 0.2) is 0 Å². The van der Waals surface area contributed by atoms with Crippen LogP contribution in [0.2, 0.25) is 0 Å². The molecule has 0 saturated heterocycles. The number of amides is 3. The molecule has 0 heterocycles. The third kappa shape index (κ3) is 12.2. The molecule has 0 radical (unpaired) electrons. The quantitative estimate of drug-likeness (QED) is 0.198. The van der Waals surface area contributed by atoms with Crippen LogP contribution in [-0.2, 0) is 24.0 Å². The highest BCUT2D eigenvalue weighted by Crippen LogP contribution is 2.10. The molecule has 190 valence electrons. The zero-order chi connectivity index (χ0) is 25.9. The first-order valence-corrected chi connectivity index (χ1v) is 11.3. The average molecular weight is 473 g/mol. The van der Waals surface area contributed by atoms with Crippen LogP contribution < -0.4 is 21.7 Å². The summed E-state index contributed by atoms with van der Waals surface area (Å²) in [5.74, 6) is -4.54. The number of nitrogens with one attached hydrogen (secondary N) is 3. The average Bonchev–Trinajstić information content (AvgIpc) is 2.67. The predicted molar refractivity (Wildman–Crippen MR) is 122 cm³/mol. The molecule has 4 atom stereocenters. The Labute approximate surface area is 195 Å². The molecule has 0 saturated carbocycles. The van der Waals surface area contributed by atoms with Crippen molar-refractivity contribution >= 4 is 29.7 Å². The molecule has 0 aliphatic rings. The van der Waals surface area contributed by atoms with Crippen LogP contribution in [0.5, 0.6) is 0 Å². The number of aliphatic carboxylic acids is 2. The van der Waals surface area contributed by atoms with E-state index in [9.17, 15) is 29.1 Å². The third-order valence-corrected chi connectivity index (χ3v) is 4.96. The molecule has 0 aliphatic heterocycles. The maximum absolute atomic E-state index is 12.9. The van der Waals surface area contributed by atoms with Gasteiger partial charge in [0.2, 0.25) is 17.7 Å². The minimum atomic E-state index is -1.22. The highest BCUT2D eigenvalue weighted by molar-refractivity contribution is 5.94. The van der Waals surface area contributed by atoms with Crippen molar-refractivity contribution in [3.05, 3.63) is 0 Å². The summed E-state index contributed by atoms with van der Waals surface area (Å²) >= 11 is 0. The van der Waals surface area contributed by atoms with Crippen LogP contribution in [0.25, 0.3) is 0 Å². The van der Waals surface area contributed by atoms with Gasteiger partial charge in [0.1, 0.15) is 18.1 Å². The van der Waals surface area contributed by atoms with Gasteiger partial charge >= 0.3 is 11.9 Å². The van der Waals surface area contributed by atoms with Crippen LogP contribution in [0.15, 0.2) is 0 Å². The van der Waals surface area contributed by atoms with Crippen molar-refractivity contribution in [3.8, 4) is 0 Å². The van der Waals surface area contributed by atoms with Crippen LogP contribution in [-0.4, -0.2) is 64.0 Å². The van der Waals surface area contributed by atoms with E-state index in [4.69, 9.17) is 10.8 Å². The van der Waals surface area contributed by atoms with Crippen LogP contribution in [0.4, 0.5) is 0 Å². The minimum Gasteiger partial charge on any atom is -0.481 e. The Kier molecular flexibility index (Phi) is 13.3. The molecule has 7 N–H and O–H groups in total. The molecule has 0 aromatic heterocycles. The zero-order valence-corrected chi connectivity index (χ0v) is 20.4. The molecule has 0 aromatic rings. The van der Waals surface area contributed by atoms with Crippen LogP contribution in [0.3, 0.4) is 0 Å². The molecular formula is C22H40N4O7. The SMILES string of the molecule is CC(C)CC(NC(=O)C(CC(C)C)NC(=O)C(CCC(=O)O)NC(=O)C(N)C(C)C)C(=O)O. The van der Waals surface area contributed by atoms with E-state index in [1.54, 1.807) is 13.8 Å². The Bertz CT molecular complexity index is 694. The molecule has 11 nitrogen and oxygen atoms in total. The van der Waals surface area contributed by atoms with E-state index in [-0.39, 0.29) is 43.4 Å². The van der Waals surface area contributed by atoms with Crippen LogP contribution in [0, 0.1) is 17.8 Å². The van der Waals surface area contributed by atoms with Crippen molar-refractivity contribution in [3.63, 3.8) is 0 Å². The molecule has 0 aromatic carbocycles. The summed E-state index contributed by atoms with van der Waals surface area (Å²) in [6, 6.07) is -4.29. The highest BCUT2D eigenvalue weighted by atomic mass is 16.4. The Morgan fingerprint density at radius 1 is 0.697 bits per heavy atom. The van der Waals surface area contributed by atoms with Crippen molar-refractivity contribution in [2.24, 2.45) is 23.5 Å². The lowest BCUT2D eigenvalue weighted by Crippen LogP contribution is -2.57. The van der Waals surface area contributed by atoms with Crippen molar-refractivity contribution < 1.29 is 34.2 Å². The molecule has 4 unspecified atom stereocenters. The monoisotopic (exact) mass is 472 g/mol. The lowest BCUT2D eigenvalue weighted by atomic mass is 9.99. The second-order valence-electron chi connectivity index (χ2n) is 9.48. The molecule has 0 fully saturated rings. The van der Waals surface area contributed by atoms with Crippen LogP contribution in [0.1, 0.15) is 67.2 Å². The second-order valence-corrected chi connectivity index (χ2v) is 9.48. The third-order valence-electron chi connectivity index (χ3n) is 4.96. The summed E-state index contributed by atoms with van der Waals surface area (Å²) < 4.78 is 0. The molecule has 11 heteroatoms. The summed E-state index contributed by atoms with van der Waals surface area (Å²) in [4.78, 5) is 60.6. The van der Waals surface area contributed by atoms with Crippen molar-refractivity contribution in [1.29, 1.82) is 0 Å². The Balaban J connectivity index is 5.57. The lowest BCUT2D eigenvalue weighted by molar-refractivity contribution is -0.143. The molecule has 0 spiro atoms. The first kappa shape index (κ1) is 30.3. The number of hydrogen-bond donors (Lipinski definition) is 6. The molecule has 0 aliphatic carbocycles. The first-order valence-electron chi connectivity index (χ1n) is 11.3. The fourth-order valence-electron chi connectivity index (χ4n) is 3.05. The number of rotatable bonds is 15. The molecule has 33 heavy (non-hydrogen) atoms. The van der Waals surface area contributed by atoms with E-state index in [0.29, 0.717) is 0 Å². The number of nitrogens with two attached hydrogens (primary N) is 1. The zero-order valence-electron chi connectivity index (χ0n) is 20.4. The van der Waals surface area contributed by atoms with E-state index in [2.05, 4.69) is 16.0 Å². The summed E-state index contributed by atoms with van der Waals surface area (Å²) in [6.45, 7) is 10.8. The topological polar surface area (TPSA) is 188 Å². The summed E-state index contributed by atoms with van der Waals surface area (Å²) in [5.41, 5.74) is 5.82. The Morgan fingerprint density at radius 2 is 1.12 bits per heavy atom. The largest absolute Gasteiger partial charge is 0.481 e. The normalized spacial score (nSPS) is 15.0. The van der Waals surface area contributed by atoms with Gasteiger partial charge in [-0.15, -0.1) is 0 Å². The van der Waals surface area contributed by atoms with Gasteiger partial charge in [-0.05, 0) is 37.0 Å². The van der Waals surface area contributed by atoms with Crippen molar-refractivity contribution in [1.82, 2.24) is 16.0 Å². The number of hydrogen-bond acceptors (Lipinski definition) is 6. The van der Waals surface area contributed by atoms with Gasteiger partial charge in [-0.3, -0.25) is 19.2 Å². The van der Waals surface area contributed by atoms with E-state index in [1.807, 2.05) is 27.7 Å². The van der Waals surface area contributed by atoms with E-state index >= 15 is 0 Å². The molecule has 3 amide bonds. The van der Waals surface area contributed by atoms with Crippen LogP contribution >= 0.6 is 0 Å². The first-order chi connectivity index (χ1) is 15.1. The van der Waals surface area contributed by atoms with Crippen molar-refractivity contribution in [2.45, 2.75) is 91.4 Å². The van der Waals surface area contributed by atoms with Gasteiger partial charge in [0, 0.05) is 6.42 Å². The Hall–Kier alpha value is -2.69. The summed E-state index contributed by atoms with van der Waals surface area (Å²) in [5, 5.41) is 25.9. The molecule has 0 bridgehead atoms. The fraction of sp³-hybridized carbons (Fsp3) is 0.773. The van der Waals surface area contributed by atoms with E-state index in [1.165, 1.54) is 0 Å². The standard InChI is InChI=1S/C22H40N4O7/c1-11(2)9-15(20(30)26-16(22(32)33)10-12(3)4)25-19(29)14(7-8-17(27)28)24-21(31)18(23)13(5)6/h11-16,18H,7-10,23H2,1-6H3,(H,24,31)(H,25,29)(H,26,30)(H,27,28)(H,32,33). The molecule has 0 rings (SSSR count). The smallest absolute Gasteiger partial charge is 0.326 e. The predicted octanol–water partition coefficient (Wildman–Crippen LogP) is 0.466. The maximum atomic E-state index is 12.9. The second kappa shape index (κ2) is 14.5. The number of carboxylic acids is 2. The highest BCUT2D eigenvalue weighted by Gasteiger charge is 2.31. The van der Waals surface area contributed by atoms with Gasteiger partial charge in [-0.1, -0.05) is 41.5 Å². The summed E-state index contributed by atoms with van der Waals surface area (Å²) in [6.07, 6.45) is -0.144. The van der Waals surface area contributed by atoms with Gasteiger partial charge in [-0.2, -0.15) is 0 Å². The number of carbonyl (C=O) groups is 5. The maximum Gasteiger partial charge on any atom is 0.326 e. The Morgan fingerprint density at radius 3 is 1.55 bits per heavy atom. The number of carboxylic acid groups (broad SMARTS) is 2. The molecular weight excluding hydrogens is 432 g/mol. The van der Waals surface area contributed by atoms with Crippen molar-refractivity contribution in [2.75, 3.05) is 0 Å². The number of carbonyl (C=O) groups excluding carboxylic acids is 3. The van der Waals surface area contributed by atoms with Gasteiger partial charge in [0.25, 0.3) is 0 Å².